The Morgan fingerprint density at radius 3 is 2.62 bits per heavy atom. The number of carbonyl (C=O) groups is 1. The average Bonchev–Trinajstić information content (AvgIpc) is 2.94. The van der Waals surface area contributed by atoms with E-state index in [1.807, 2.05) is 0 Å². The lowest BCUT2D eigenvalue weighted by atomic mass is 9.99. The number of aliphatic hydroxyl groups excluding tert-OH is 3. The first-order valence-electron chi connectivity index (χ1n) is 6.85. The van der Waals surface area contributed by atoms with Crippen LogP contribution in [0.2, 0.25) is 5.02 Å². The summed E-state index contributed by atoms with van der Waals surface area (Å²) in [5.41, 5.74) is 0.652. The zero-order chi connectivity index (χ0) is 17.6. The summed E-state index contributed by atoms with van der Waals surface area (Å²) in [4.78, 5) is 14.0. The van der Waals surface area contributed by atoms with E-state index in [1.165, 1.54) is 6.20 Å². The van der Waals surface area contributed by atoms with Gasteiger partial charge in [-0.2, -0.15) is 0 Å². The van der Waals surface area contributed by atoms with Crippen molar-refractivity contribution in [3.8, 4) is 5.75 Å². The van der Waals surface area contributed by atoms with Crippen molar-refractivity contribution in [3.63, 3.8) is 0 Å². The Morgan fingerprint density at radius 1 is 1.25 bits per heavy atom. The molecule has 2 heterocycles. The molecule has 0 radical (unpaired) electrons. The molecule has 24 heavy (non-hydrogen) atoms. The van der Waals surface area contributed by atoms with Gasteiger partial charge in [-0.3, -0.25) is 0 Å². The van der Waals surface area contributed by atoms with Crippen molar-refractivity contribution in [3.05, 3.63) is 27.8 Å². The fourth-order valence-electron chi connectivity index (χ4n) is 2.49. The van der Waals surface area contributed by atoms with Gasteiger partial charge < -0.3 is 34.9 Å². The number of ether oxygens (including phenoxy) is 2. The summed E-state index contributed by atoms with van der Waals surface area (Å²) >= 11 is 9.51. The Hall–Kier alpha value is -1.36. The van der Waals surface area contributed by atoms with Crippen LogP contribution < -0.4 is 4.74 Å². The lowest BCUT2D eigenvalue weighted by molar-refractivity contribution is -0.270. The van der Waals surface area contributed by atoms with E-state index in [-0.39, 0.29) is 5.75 Å². The summed E-state index contributed by atoms with van der Waals surface area (Å²) in [7, 11) is 0. The summed E-state index contributed by atoms with van der Waals surface area (Å²) < 4.78 is 11.2. The van der Waals surface area contributed by atoms with Crippen LogP contribution in [-0.4, -0.2) is 62.1 Å². The number of fused-ring (bicyclic) bond motifs is 1. The highest BCUT2D eigenvalue weighted by molar-refractivity contribution is 9.10. The molecule has 1 fully saturated rings. The zero-order valence-corrected chi connectivity index (χ0v) is 14.2. The standard InChI is InChI=1S/C14H13BrClNO7/c15-4-1-2-5-7(8(4)16)6(3-17-5)23-14-11(20)9(18)10(19)12(24-14)13(21)22/h1-3,9-12,14,17-20H,(H,21,22)/t9-,10+,11?,12?,14-/m1/s1. The maximum Gasteiger partial charge on any atom is 0.335 e. The summed E-state index contributed by atoms with van der Waals surface area (Å²) in [5.74, 6) is -1.28. The van der Waals surface area contributed by atoms with Gasteiger partial charge in [-0.25, -0.2) is 4.79 Å². The van der Waals surface area contributed by atoms with Crippen molar-refractivity contribution in [2.24, 2.45) is 0 Å². The number of nitrogens with one attached hydrogen (secondary N) is 1. The molecule has 10 heteroatoms. The Bertz CT molecular complexity index is 782. The van der Waals surface area contributed by atoms with Crippen LogP contribution in [-0.2, 0) is 9.53 Å². The third kappa shape index (κ3) is 2.87. The van der Waals surface area contributed by atoms with Gasteiger partial charge >= 0.3 is 5.97 Å². The lowest BCUT2D eigenvalue weighted by Crippen LogP contribution is -2.61. The molecule has 8 nitrogen and oxygen atoms in total. The van der Waals surface area contributed by atoms with E-state index in [4.69, 9.17) is 26.2 Å². The van der Waals surface area contributed by atoms with Crippen LogP contribution >= 0.6 is 27.5 Å². The van der Waals surface area contributed by atoms with Gasteiger partial charge in [0, 0.05) is 10.7 Å². The number of rotatable bonds is 3. The molecule has 0 saturated carbocycles. The van der Waals surface area contributed by atoms with Crippen molar-refractivity contribution in [2.45, 2.75) is 30.7 Å². The summed E-state index contributed by atoms with van der Waals surface area (Å²) in [6.45, 7) is 0. The summed E-state index contributed by atoms with van der Waals surface area (Å²) in [5, 5.41) is 39.4. The molecule has 5 N–H and O–H groups in total. The average molecular weight is 423 g/mol. The van der Waals surface area contributed by atoms with Gasteiger partial charge in [0.2, 0.25) is 6.29 Å². The van der Waals surface area contributed by atoms with E-state index < -0.39 is 36.7 Å². The highest BCUT2D eigenvalue weighted by atomic mass is 79.9. The van der Waals surface area contributed by atoms with Crippen LogP contribution in [0.25, 0.3) is 10.9 Å². The number of halogens is 2. The maximum absolute atomic E-state index is 11.1. The van der Waals surface area contributed by atoms with Crippen LogP contribution in [0.1, 0.15) is 0 Å². The van der Waals surface area contributed by atoms with Gasteiger partial charge in [0.25, 0.3) is 0 Å². The molecule has 1 aromatic carbocycles. The minimum Gasteiger partial charge on any atom is -0.479 e. The van der Waals surface area contributed by atoms with Gasteiger partial charge in [-0.05, 0) is 28.1 Å². The molecule has 3 rings (SSSR count). The number of carboxylic acids is 1. The van der Waals surface area contributed by atoms with E-state index in [1.54, 1.807) is 12.1 Å². The minimum absolute atomic E-state index is 0.202. The minimum atomic E-state index is -1.78. The van der Waals surface area contributed by atoms with Crippen molar-refractivity contribution in [1.82, 2.24) is 4.98 Å². The third-order valence-electron chi connectivity index (χ3n) is 3.76. The van der Waals surface area contributed by atoms with Crippen LogP contribution in [0.5, 0.6) is 5.75 Å². The fourth-order valence-corrected chi connectivity index (χ4v) is 3.08. The molecule has 1 saturated heterocycles. The van der Waals surface area contributed by atoms with Crippen molar-refractivity contribution in [2.75, 3.05) is 0 Å². The first-order valence-corrected chi connectivity index (χ1v) is 8.02. The SMILES string of the molecule is O=C(O)C1O[C@@H](Oc2c[nH]c3ccc(Br)c(Cl)c23)C(O)[C@H](O)[C@@H]1O. The van der Waals surface area contributed by atoms with Gasteiger partial charge in [0.15, 0.2) is 6.10 Å². The molecule has 1 aromatic heterocycles. The number of carboxylic acid groups (broad SMARTS) is 1. The molecule has 5 atom stereocenters. The van der Waals surface area contributed by atoms with E-state index in [0.29, 0.717) is 20.4 Å². The van der Waals surface area contributed by atoms with Crippen LogP contribution in [0, 0.1) is 0 Å². The first kappa shape index (κ1) is 17.5. The van der Waals surface area contributed by atoms with Gasteiger partial charge in [0.1, 0.15) is 24.1 Å². The normalized spacial score (nSPS) is 30.5. The van der Waals surface area contributed by atoms with E-state index >= 15 is 0 Å². The Labute approximate surface area is 148 Å². The predicted octanol–water partition coefficient (Wildman–Crippen LogP) is 0.855. The fraction of sp³-hybridized carbons (Fsp3) is 0.357. The summed E-state index contributed by atoms with van der Waals surface area (Å²) in [6, 6.07) is 3.48. The first-order chi connectivity index (χ1) is 11.3. The Kier molecular flexibility index (Phi) is 4.73. The quantitative estimate of drug-likeness (QED) is 0.495. The smallest absolute Gasteiger partial charge is 0.335 e. The molecule has 0 spiro atoms. The third-order valence-corrected chi connectivity index (χ3v) is 5.04. The second kappa shape index (κ2) is 6.51. The van der Waals surface area contributed by atoms with Gasteiger partial charge in [-0.1, -0.05) is 11.6 Å². The molecular formula is C14H13BrClNO7. The van der Waals surface area contributed by atoms with Crippen LogP contribution in [0.3, 0.4) is 0 Å². The number of aliphatic carboxylic acids is 1. The van der Waals surface area contributed by atoms with Crippen molar-refractivity contribution in [1.29, 1.82) is 0 Å². The largest absolute Gasteiger partial charge is 0.479 e. The van der Waals surface area contributed by atoms with Crippen LogP contribution in [0.4, 0.5) is 0 Å². The highest BCUT2D eigenvalue weighted by Crippen LogP contribution is 2.38. The predicted molar refractivity (Wildman–Crippen MR) is 86.0 cm³/mol. The lowest BCUT2D eigenvalue weighted by Gasteiger charge is -2.38. The van der Waals surface area contributed by atoms with Gasteiger partial charge in [0.05, 0.1) is 15.9 Å². The number of H-pyrrole nitrogens is 1. The molecule has 2 aromatic rings. The molecule has 2 unspecified atom stereocenters. The van der Waals surface area contributed by atoms with Crippen molar-refractivity contribution >= 4 is 44.4 Å². The van der Waals surface area contributed by atoms with E-state index in [9.17, 15) is 20.1 Å². The molecule has 1 aliphatic rings. The highest BCUT2D eigenvalue weighted by Gasteiger charge is 2.48. The molecule has 0 aliphatic carbocycles. The second-order valence-corrected chi connectivity index (χ2v) is 6.52. The van der Waals surface area contributed by atoms with E-state index in [2.05, 4.69) is 20.9 Å². The van der Waals surface area contributed by atoms with Crippen molar-refractivity contribution < 1.29 is 34.7 Å². The maximum atomic E-state index is 11.1. The Morgan fingerprint density at radius 2 is 1.96 bits per heavy atom. The number of benzene rings is 1. The van der Waals surface area contributed by atoms with E-state index in [0.717, 1.165) is 0 Å². The molecule has 130 valence electrons. The summed E-state index contributed by atoms with van der Waals surface area (Å²) in [6.07, 6.45) is -6.94. The topological polar surface area (TPSA) is 132 Å². The number of hydrogen-bond acceptors (Lipinski definition) is 6. The number of hydrogen-bond donors (Lipinski definition) is 5. The molecule has 0 amide bonds. The number of aliphatic hydroxyl groups is 3. The number of aromatic nitrogens is 1. The molecule has 0 bridgehead atoms. The van der Waals surface area contributed by atoms with Crippen LogP contribution in [0.15, 0.2) is 22.8 Å². The molecule has 1 aliphatic heterocycles. The zero-order valence-electron chi connectivity index (χ0n) is 11.9. The Balaban J connectivity index is 1.93. The second-order valence-electron chi connectivity index (χ2n) is 5.29. The number of aromatic amines is 1. The molecular weight excluding hydrogens is 410 g/mol. The van der Waals surface area contributed by atoms with Gasteiger partial charge in [-0.15, -0.1) is 0 Å². The monoisotopic (exact) mass is 421 g/mol.